The van der Waals surface area contributed by atoms with Crippen LogP contribution in [0.2, 0.25) is 0 Å². The molecule has 1 N–H and O–H groups in total. The van der Waals surface area contributed by atoms with E-state index in [4.69, 9.17) is 7.85 Å². The van der Waals surface area contributed by atoms with Gasteiger partial charge in [0.2, 0.25) is 5.91 Å². The van der Waals surface area contributed by atoms with Gasteiger partial charge in [0.05, 0.1) is 14.4 Å². The van der Waals surface area contributed by atoms with Crippen LogP contribution >= 0.6 is 0 Å². The average molecular weight is 126 g/mol. The zero-order chi connectivity index (χ0) is 7.28. The molecule has 0 aliphatic heterocycles. The van der Waals surface area contributed by atoms with Crippen molar-refractivity contribution in [2.24, 2.45) is 0 Å². The fraction of sp³-hybridized carbons (Fsp3) is 0.800. The van der Waals surface area contributed by atoms with Crippen LogP contribution in [0.25, 0.3) is 0 Å². The highest BCUT2D eigenvalue weighted by Crippen LogP contribution is 1.77. The molecule has 0 aromatic rings. The Morgan fingerprint density at radius 3 is 2.67 bits per heavy atom. The molecular formula is C5H11BN2O. The van der Waals surface area contributed by atoms with Crippen molar-refractivity contribution in [3.63, 3.8) is 0 Å². The molecule has 0 saturated heterocycles. The van der Waals surface area contributed by atoms with E-state index in [1.807, 2.05) is 0 Å². The van der Waals surface area contributed by atoms with Crippen molar-refractivity contribution in [3.8, 4) is 0 Å². The molecule has 0 bridgehead atoms. The van der Waals surface area contributed by atoms with E-state index >= 15 is 0 Å². The van der Waals surface area contributed by atoms with Gasteiger partial charge < -0.3 is 10.2 Å². The van der Waals surface area contributed by atoms with Gasteiger partial charge in [0.15, 0.2) is 0 Å². The molecule has 0 spiro atoms. The number of carbonyl (C=O) groups is 1. The van der Waals surface area contributed by atoms with E-state index in [0.717, 1.165) is 0 Å². The third-order valence-corrected chi connectivity index (χ3v) is 1.03. The van der Waals surface area contributed by atoms with Gasteiger partial charge in [-0.1, -0.05) is 0 Å². The van der Waals surface area contributed by atoms with Gasteiger partial charge >= 0.3 is 0 Å². The van der Waals surface area contributed by atoms with E-state index in [1.54, 1.807) is 14.1 Å². The van der Waals surface area contributed by atoms with Crippen LogP contribution in [-0.2, 0) is 4.79 Å². The van der Waals surface area contributed by atoms with Crippen LogP contribution in [-0.4, -0.2) is 45.7 Å². The Balaban J connectivity index is 3.46. The van der Waals surface area contributed by atoms with E-state index in [9.17, 15) is 4.79 Å². The van der Waals surface area contributed by atoms with Crippen molar-refractivity contribution < 1.29 is 4.79 Å². The normalized spacial score (nSPS) is 9.11. The van der Waals surface area contributed by atoms with Gasteiger partial charge in [-0.2, -0.15) is 0 Å². The molecular weight excluding hydrogens is 115 g/mol. The van der Waals surface area contributed by atoms with Crippen LogP contribution in [0.5, 0.6) is 0 Å². The molecule has 50 valence electrons. The molecule has 0 aromatic heterocycles. The summed E-state index contributed by atoms with van der Waals surface area (Å²) >= 11 is 0. The summed E-state index contributed by atoms with van der Waals surface area (Å²) in [6.45, 7) is 0.355. The highest BCUT2D eigenvalue weighted by atomic mass is 16.2. The smallest absolute Gasteiger partial charge is 0.235 e. The highest BCUT2D eigenvalue weighted by molar-refractivity contribution is 6.10. The Morgan fingerprint density at radius 1 is 1.78 bits per heavy atom. The zero-order valence-electron chi connectivity index (χ0n) is 5.85. The molecule has 0 aromatic carbocycles. The summed E-state index contributed by atoms with van der Waals surface area (Å²) in [5.74, 6) is 0.0139. The molecule has 1 amide bonds. The lowest BCUT2D eigenvalue weighted by molar-refractivity contribution is -0.128. The molecule has 0 rings (SSSR count). The minimum atomic E-state index is 0.0139. The molecule has 0 atom stereocenters. The highest BCUT2D eigenvalue weighted by Gasteiger charge is 2.01. The summed E-state index contributed by atoms with van der Waals surface area (Å²) in [6, 6.07) is 0. The first-order chi connectivity index (χ1) is 4.22. The number of rotatable bonds is 3. The second-order valence-electron chi connectivity index (χ2n) is 1.80. The van der Waals surface area contributed by atoms with Gasteiger partial charge in [0.25, 0.3) is 0 Å². The zero-order valence-corrected chi connectivity index (χ0v) is 5.85. The van der Waals surface area contributed by atoms with Crippen LogP contribution in [0.1, 0.15) is 0 Å². The predicted octanol–water partition coefficient (Wildman–Crippen LogP) is -1.21. The SMILES string of the molecule is [B]CN(C)C(=O)CNC. The van der Waals surface area contributed by atoms with Crippen LogP contribution < -0.4 is 5.32 Å². The number of hydrogen-bond donors (Lipinski definition) is 1. The maximum absolute atomic E-state index is 10.8. The van der Waals surface area contributed by atoms with E-state index in [1.165, 1.54) is 4.90 Å². The summed E-state index contributed by atoms with van der Waals surface area (Å²) in [5, 5.41) is 2.74. The Morgan fingerprint density at radius 2 is 2.33 bits per heavy atom. The number of nitrogens with one attached hydrogen (secondary N) is 1. The summed E-state index contributed by atoms with van der Waals surface area (Å²) in [7, 11) is 8.57. The molecule has 2 radical (unpaired) electrons. The number of hydrogen-bond acceptors (Lipinski definition) is 2. The minimum Gasteiger partial charge on any atom is -0.354 e. The first-order valence-electron chi connectivity index (χ1n) is 2.81. The van der Waals surface area contributed by atoms with Crippen molar-refractivity contribution in [3.05, 3.63) is 0 Å². The first kappa shape index (κ1) is 8.49. The van der Waals surface area contributed by atoms with Crippen molar-refractivity contribution >= 4 is 13.8 Å². The summed E-state index contributed by atoms with van der Waals surface area (Å²) in [5.41, 5.74) is 0. The van der Waals surface area contributed by atoms with Crippen LogP contribution in [0.3, 0.4) is 0 Å². The molecule has 0 aliphatic rings. The number of carbonyl (C=O) groups excluding carboxylic acids is 1. The van der Waals surface area contributed by atoms with Gasteiger partial charge in [0, 0.05) is 7.05 Å². The van der Waals surface area contributed by atoms with Crippen molar-refractivity contribution in [2.45, 2.75) is 0 Å². The molecule has 0 saturated carbocycles. The monoisotopic (exact) mass is 126 g/mol. The number of likely N-dealkylation sites (N-methyl/N-ethyl adjacent to an activating group) is 2. The molecule has 0 fully saturated rings. The van der Waals surface area contributed by atoms with Crippen molar-refractivity contribution in [2.75, 3.05) is 27.1 Å². The Kier molecular flexibility index (Phi) is 4.14. The molecule has 3 nitrogen and oxygen atoms in total. The molecule has 4 heteroatoms. The van der Waals surface area contributed by atoms with E-state index in [2.05, 4.69) is 5.32 Å². The lowest BCUT2D eigenvalue weighted by Gasteiger charge is -2.13. The quantitative estimate of drug-likeness (QED) is 0.481. The molecule has 0 aliphatic carbocycles. The number of amides is 1. The maximum Gasteiger partial charge on any atom is 0.235 e. The summed E-state index contributed by atoms with van der Waals surface area (Å²) < 4.78 is 0. The predicted molar refractivity (Wildman–Crippen MR) is 37.3 cm³/mol. The van der Waals surface area contributed by atoms with E-state index in [0.29, 0.717) is 6.54 Å². The molecule has 0 unspecified atom stereocenters. The van der Waals surface area contributed by atoms with Gasteiger partial charge in [0.1, 0.15) is 0 Å². The third kappa shape index (κ3) is 3.14. The summed E-state index contributed by atoms with van der Waals surface area (Å²) in [4.78, 5) is 12.2. The van der Waals surface area contributed by atoms with Gasteiger partial charge in [-0.25, -0.2) is 0 Å². The van der Waals surface area contributed by atoms with E-state index in [-0.39, 0.29) is 12.4 Å². The van der Waals surface area contributed by atoms with Crippen LogP contribution in [0.15, 0.2) is 0 Å². The Labute approximate surface area is 56.8 Å². The molecule has 9 heavy (non-hydrogen) atoms. The van der Waals surface area contributed by atoms with Gasteiger partial charge in [-0.15, -0.1) is 0 Å². The largest absolute Gasteiger partial charge is 0.354 e. The third-order valence-electron chi connectivity index (χ3n) is 1.03. The topological polar surface area (TPSA) is 32.3 Å². The van der Waals surface area contributed by atoms with E-state index < -0.39 is 0 Å². The lowest BCUT2D eigenvalue weighted by Crippen LogP contribution is -2.34. The average Bonchev–Trinajstić information content (AvgIpc) is 1.87. The lowest BCUT2D eigenvalue weighted by atomic mass is 10.1. The fourth-order valence-electron chi connectivity index (χ4n) is 0.388. The van der Waals surface area contributed by atoms with Crippen LogP contribution in [0.4, 0.5) is 0 Å². The minimum absolute atomic E-state index is 0.0139. The van der Waals surface area contributed by atoms with Gasteiger partial charge in [-0.3, -0.25) is 4.79 Å². The van der Waals surface area contributed by atoms with Crippen molar-refractivity contribution in [1.29, 1.82) is 0 Å². The maximum atomic E-state index is 10.8. The standard InChI is InChI=1S/C5H11BN2O/c1-7-3-5(9)8(2)4-6/h7H,3-4H2,1-2H3. The Bertz CT molecular complexity index is 97.0. The summed E-state index contributed by atoms with van der Waals surface area (Å²) in [6.07, 6.45) is 0.278. The van der Waals surface area contributed by atoms with Crippen LogP contribution in [0, 0.1) is 0 Å². The van der Waals surface area contributed by atoms with Crippen molar-refractivity contribution in [1.82, 2.24) is 10.2 Å². The fourth-order valence-corrected chi connectivity index (χ4v) is 0.388. The second kappa shape index (κ2) is 4.38. The molecule has 0 heterocycles. The Hall–Kier alpha value is -0.505. The van der Waals surface area contributed by atoms with Gasteiger partial charge in [-0.05, 0) is 13.5 Å². The number of nitrogens with zero attached hydrogens (tertiary/aromatic N) is 1. The second-order valence-corrected chi connectivity index (χ2v) is 1.80. The first-order valence-corrected chi connectivity index (χ1v) is 2.81.